The lowest BCUT2D eigenvalue weighted by Crippen LogP contribution is -1.93. The molecule has 4 heterocycles. The second kappa shape index (κ2) is 11.1. The van der Waals surface area contributed by atoms with Crippen LogP contribution >= 0.6 is 0 Å². The van der Waals surface area contributed by atoms with Crippen LogP contribution in [0.1, 0.15) is 0 Å². The molecule has 0 N–H and O–H groups in total. The molecule has 0 saturated heterocycles. The van der Waals surface area contributed by atoms with Crippen molar-refractivity contribution in [1.29, 1.82) is 0 Å². The number of nitrogens with zero attached hydrogens (tertiary/aromatic N) is 4. The van der Waals surface area contributed by atoms with Crippen LogP contribution in [-0.4, -0.2) is 19.1 Å². The molecular formula is C50H30N4. The van der Waals surface area contributed by atoms with Crippen molar-refractivity contribution in [2.75, 3.05) is 0 Å². The van der Waals surface area contributed by atoms with E-state index in [1.54, 1.807) is 0 Å². The molecule has 0 fully saturated rings. The second-order valence-electron chi connectivity index (χ2n) is 14.2. The van der Waals surface area contributed by atoms with Crippen molar-refractivity contribution < 1.29 is 0 Å². The zero-order valence-corrected chi connectivity index (χ0v) is 29.1. The average Bonchev–Trinajstić information content (AvgIpc) is 3.87. The minimum Gasteiger partial charge on any atom is -0.309 e. The first-order valence-corrected chi connectivity index (χ1v) is 18.4. The van der Waals surface area contributed by atoms with Crippen LogP contribution in [0, 0.1) is 0 Å². The van der Waals surface area contributed by atoms with Crippen molar-refractivity contribution in [2.24, 2.45) is 0 Å². The Bertz CT molecular complexity index is 3310. The predicted octanol–water partition coefficient (Wildman–Crippen LogP) is 12.8. The third kappa shape index (κ3) is 4.13. The number of fused-ring (bicyclic) bond motifs is 9. The average molecular weight is 687 g/mol. The van der Waals surface area contributed by atoms with Crippen LogP contribution in [0.25, 0.3) is 111 Å². The highest BCUT2D eigenvalue weighted by atomic mass is 15.0. The summed E-state index contributed by atoms with van der Waals surface area (Å²) in [5.74, 6) is 0. The molecular weight excluding hydrogens is 657 g/mol. The summed E-state index contributed by atoms with van der Waals surface area (Å²) in [4.78, 5) is 10.1. The zero-order chi connectivity index (χ0) is 35.3. The Balaban J connectivity index is 1.05. The first-order chi connectivity index (χ1) is 26.8. The molecule has 11 aromatic rings. The maximum Gasteiger partial charge on any atom is 0.0978 e. The van der Waals surface area contributed by atoms with E-state index in [1.807, 2.05) is 6.20 Å². The smallest absolute Gasteiger partial charge is 0.0978 e. The fourth-order valence-corrected chi connectivity index (χ4v) is 8.88. The lowest BCUT2D eigenvalue weighted by atomic mass is 9.99. The van der Waals surface area contributed by atoms with Gasteiger partial charge in [0.05, 0.1) is 39.1 Å². The monoisotopic (exact) mass is 686 g/mol. The normalized spacial score (nSPS) is 12.1. The van der Waals surface area contributed by atoms with Gasteiger partial charge in [0.2, 0.25) is 0 Å². The highest BCUT2D eigenvalue weighted by Gasteiger charge is 2.24. The van der Waals surface area contributed by atoms with E-state index in [4.69, 9.17) is 9.97 Å². The van der Waals surface area contributed by atoms with Crippen molar-refractivity contribution in [3.05, 3.63) is 182 Å². The number of hydrogen-bond acceptors (Lipinski definition) is 2. The molecule has 1 aliphatic carbocycles. The van der Waals surface area contributed by atoms with E-state index in [2.05, 4.69) is 185 Å². The fraction of sp³-hybridized carbons (Fsp3) is 0. The summed E-state index contributed by atoms with van der Waals surface area (Å²) >= 11 is 0. The van der Waals surface area contributed by atoms with Crippen LogP contribution in [0.4, 0.5) is 0 Å². The summed E-state index contributed by atoms with van der Waals surface area (Å²) in [6, 6.07) is 63.6. The highest BCUT2D eigenvalue weighted by molar-refractivity contribution is 6.15. The molecule has 4 aromatic heterocycles. The molecule has 250 valence electrons. The summed E-state index contributed by atoms with van der Waals surface area (Å²) in [6.07, 6.45) is 1.89. The van der Waals surface area contributed by atoms with Gasteiger partial charge in [-0.3, -0.25) is 4.98 Å². The fourth-order valence-electron chi connectivity index (χ4n) is 8.88. The molecule has 0 radical (unpaired) electrons. The van der Waals surface area contributed by atoms with Crippen LogP contribution < -0.4 is 0 Å². The largest absolute Gasteiger partial charge is 0.309 e. The Labute approximate surface area is 310 Å². The minimum atomic E-state index is 0.944. The van der Waals surface area contributed by atoms with Gasteiger partial charge in [-0.05, 0) is 107 Å². The number of aromatic nitrogens is 4. The molecule has 12 rings (SSSR count). The molecule has 0 amide bonds. The summed E-state index contributed by atoms with van der Waals surface area (Å²) in [6.45, 7) is 0. The van der Waals surface area contributed by atoms with Crippen molar-refractivity contribution >= 4 is 54.4 Å². The molecule has 54 heavy (non-hydrogen) atoms. The van der Waals surface area contributed by atoms with Gasteiger partial charge in [0.25, 0.3) is 0 Å². The maximum atomic E-state index is 5.29. The Morgan fingerprint density at radius 2 is 0.944 bits per heavy atom. The van der Waals surface area contributed by atoms with Crippen molar-refractivity contribution in [2.45, 2.75) is 0 Å². The second-order valence-corrected chi connectivity index (χ2v) is 14.2. The topological polar surface area (TPSA) is 35.6 Å². The van der Waals surface area contributed by atoms with Gasteiger partial charge < -0.3 is 9.13 Å². The summed E-state index contributed by atoms with van der Waals surface area (Å²) in [5, 5.41) is 7.29. The van der Waals surface area contributed by atoms with Crippen LogP contribution in [0.5, 0.6) is 0 Å². The van der Waals surface area contributed by atoms with E-state index in [-0.39, 0.29) is 0 Å². The highest BCUT2D eigenvalue weighted by Crippen LogP contribution is 2.46. The Kier molecular flexibility index (Phi) is 6.02. The summed E-state index contributed by atoms with van der Waals surface area (Å²) in [7, 11) is 0. The predicted molar refractivity (Wildman–Crippen MR) is 224 cm³/mol. The van der Waals surface area contributed by atoms with E-state index in [1.165, 1.54) is 71.1 Å². The van der Waals surface area contributed by atoms with Gasteiger partial charge in [-0.1, -0.05) is 91.0 Å². The number of pyridine rings is 2. The molecule has 0 unspecified atom stereocenters. The Morgan fingerprint density at radius 1 is 0.370 bits per heavy atom. The Morgan fingerprint density at radius 3 is 1.63 bits per heavy atom. The first-order valence-electron chi connectivity index (χ1n) is 18.4. The van der Waals surface area contributed by atoms with E-state index in [9.17, 15) is 0 Å². The van der Waals surface area contributed by atoms with Gasteiger partial charge in [-0.2, -0.15) is 0 Å². The van der Waals surface area contributed by atoms with Crippen LogP contribution in [0.15, 0.2) is 182 Å². The zero-order valence-electron chi connectivity index (χ0n) is 29.1. The number of rotatable bonds is 4. The van der Waals surface area contributed by atoms with Crippen LogP contribution in [0.2, 0.25) is 0 Å². The SMILES string of the molecule is c1ccc(-n2c3ccccc3c3cc(-c4ccc5c(c4)c4cc(-c6ccc7c(n6)-c6nccc8cccc-7c68)ccc4n5-c4ccccc4)ccc32)cc1. The third-order valence-electron chi connectivity index (χ3n) is 11.3. The molecule has 0 saturated carbocycles. The van der Waals surface area contributed by atoms with Gasteiger partial charge in [0, 0.05) is 55.6 Å². The van der Waals surface area contributed by atoms with Crippen molar-refractivity contribution in [3.63, 3.8) is 0 Å². The standard InChI is InChI=1S/C50H30N4/c1-3-11-35(12-4-1)53-44-17-8-7-15-37(44)40-28-32(18-23-45(40)53)33-19-24-46-41(29-33)42-30-34(20-25-47(42)54(46)36-13-5-2-6-14-36)43-22-21-39-38-16-9-10-31-26-27-51-50(48(31)38)49(39)52-43/h1-30H. The summed E-state index contributed by atoms with van der Waals surface area (Å²) in [5.41, 5.74) is 15.7. The molecule has 0 spiro atoms. The number of para-hydroxylation sites is 3. The molecule has 0 bridgehead atoms. The summed E-state index contributed by atoms with van der Waals surface area (Å²) < 4.78 is 4.75. The van der Waals surface area contributed by atoms with Gasteiger partial charge in [0.1, 0.15) is 0 Å². The van der Waals surface area contributed by atoms with Gasteiger partial charge in [0.15, 0.2) is 0 Å². The maximum absolute atomic E-state index is 5.29. The minimum absolute atomic E-state index is 0.944. The quantitative estimate of drug-likeness (QED) is 0.185. The molecule has 1 aliphatic rings. The van der Waals surface area contributed by atoms with E-state index in [0.717, 1.165) is 39.6 Å². The molecule has 7 aromatic carbocycles. The van der Waals surface area contributed by atoms with Crippen LogP contribution in [-0.2, 0) is 0 Å². The molecule has 0 aliphatic heterocycles. The molecule has 0 atom stereocenters. The van der Waals surface area contributed by atoms with Crippen molar-refractivity contribution in [1.82, 2.24) is 19.1 Å². The first kappa shape index (κ1) is 29.3. The van der Waals surface area contributed by atoms with E-state index in [0.29, 0.717) is 0 Å². The molecule has 4 nitrogen and oxygen atoms in total. The van der Waals surface area contributed by atoms with Gasteiger partial charge in [-0.25, -0.2) is 4.98 Å². The van der Waals surface area contributed by atoms with E-state index < -0.39 is 0 Å². The van der Waals surface area contributed by atoms with Crippen LogP contribution in [0.3, 0.4) is 0 Å². The number of hydrogen-bond donors (Lipinski definition) is 0. The van der Waals surface area contributed by atoms with E-state index >= 15 is 0 Å². The van der Waals surface area contributed by atoms with Crippen molar-refractivity contribution in [3.8, 4) is 56.3 Å². The lowest BCUT2D eigenvalue weighted by Gasteiger charge is -2.09. The third-order valence-corrected chi connectivity index (χ3v) is 11.3. The van der Waals surface area contributed by atoms with Gasteiger partial charge >= 0.3 is 0 Å². The number of benzene rings is 7. The molecule has 4 heteroatoms. The van der Waals surface area contributed by atoms with Gasteiger partial charge in [-0.15, -0.1) is 0 Å². The lowest BCUT2D eigenvalue weighted by molar-refractivity contribution is 1.18. The Hall–Kier alpha value is -7.30.